The number of fused-ring (bicyclic) bond motifs is 1. The summed E-state index contributed by atoms with van der Waals surface area (Å²) in [5, 5.41) is 2.78. The summed E-state index contributed by atoms with van der Waals surface area (Å²) in [5.41, 5.74) is 4.22. The summed E-state index contributed by atoms with van der Waals surface area (Å²) in [6, 6.07) is 11.2. The first kappa shape index (κ1) is 9.26. The predicted octanol–water partition coefficient (Wildman–Crippen LogP) is 4.02. The van der Waals surface area contributed by atoms with Gasteiger partial charge in [-0.05, 0) is 47.7 Å². The topological polar surface area (TPSA) is 0 Å². The fourth-order valence-electron chi connectivity index (χ4n) is 1.92. The van der Waals surface area contributed by atoms with Crippen molar-refractivity contribution < 1.29 is 0 Å². The van der Waals surface area contributed by atoms with Crippen LogP contribution >= 0.6 is 0 Å². The first-order valence-corrected chi connectivity index (χ1v) is 5.21. The van der Waals surface area contributed by atoms with E-state index < -0.39 is 0 Å². The summed E-state index contributed by atoms with van der Waals surface area (Å²) in [4.78, 5) is 0. The molecule has 0 atom stereocenters. The highest BCUT2D eigenvalue weighted by Gasteiger charge is 2.01. The van der Waals surface area contributed by atoms with E-state index in [2.05, 4.69) is 51.1 Å². The zero-order valence-electron chi connectivity index (χ0n) is 9.09. The van der Waals surface area contributed by atoms with Crippen LogP contribution in [0.3, 0.4) is 0 Å². The zero-order valence-corrected chi connectivity index (χ0v) is 9.09. The average molecular weight is 184 g/mol. The van der Waals surface area contributed by atoms with Crippen molar-refractivity contribution in [1.82, 2.24) is 0 Å². The molecule has 0 fully saturated rings. The Morgan fingerprint density at radius 3 is 2.43 bits per heavy atom. The minimum Gasteiger partial charge on any atom is -0.0614 e. The Balaban J connectivity index is 2.81. The second-order valence-electron chi connectivity index (χ2n) is 3.93. The maximum atomic E-state index is 2.31. The lowest BCUT2D eigenvalue weighted by molar-refractivity contribution is 1.16. The lowest BCUT2D eigenvalue weighted by Crippen LogP contribution is -1.87. The molecule has 0 nitrogen and oxygen atoms in total. The zero-order chi connectivity index (χ0) is 10.1. The van der Waals surface area contributed by atoms with E-state index in [-0.39, 0.29) is 0 Å². The van der Waals surface area contributed by atoms with Crippen molar-refractivity contribution >= 4 is 10.8 Å². The average Bonchev–Trinajstić information content (AvgIpc) is 2.19. The molecule has 0 unspecified atom stereocenters. The molecule has 2 rings (SSSR count). The molecule has 0 aliphatic carbocycles. The molecule has 0 heteroatoms. The molecule has 0 N–H and O–H groups in total. The van der Waals surface area contributed by atoms with E-state index in [9.17, 15) is 0 Å². The maximum Gasteiger partial charge on any atom is -0.0149 e. The third kappa shape index (κ3) is 1.41. The Morgan fingerprint density at radius 2 is 1.71 bits per heavy atom. The van der Waals surface area contributed by atoms with Gasteiger partial charge in [0, 0.05) is 0 Å². The van der Waals surface area contributed by atoms with Crippen LogP contribution in [0.25, 0.3) is 10.8 Å². The van der Waals surface area contributed by atoms with Gasteiger partial charge in [0.2, 0.25) is 0 Å². The molecule has 0 radical (unpaired) electrons. The molecule has 0 amide bonds. The van der Waals surface area contributed by atoms with E-state index in [4.69, 9.17) is 0 Å². The summed E-state index contributed by atoms with van der Waals surface area (Å²) in [6.07, 6.45) is 1.11. The quantitative estimate of drug-likeness (QED) is 0.628. The van der Waals surface area contributed by atoms with E-state index in [1.807, 2.05) is 0 Å². The van der Waals surface area contributed by atoms with Crippen molar-refractivity contribution in [2.75, 3.05) is 0 Å². The summed E-state index contributed by atoms with van der Waals surface area (Å²) < 4.78 is 0. The van der Waals surface area contributed by atoms with Crippen molar-refractivity contribution in [2.24, 2.45) is 0 Å². The van der Waals surface area contributed by atoms with Crippen molar-refractivity contribution in [1.29, 1.82) is 0 Å². The molecule has 2 aromatic rings. The Morgan fingerprint density at radius 1 is 1.00 bits per heavy atom. The third-order valence-electron chi connectivity index (χ3n) is 2.97. The lowest BCUT2D eigenvalue weighted by atomic mass is 9.98. The Labute approximate surface area is 85.6 Å². The second-order valence-corrected chi connectivity index (χ2v) is 3.93. The summed E-state index contributed by atoms with van der Waals surface area (Å²) in [6.45, 7) is 6.57. The summed E-state index contributed by atoms with van der Waals surface area (Å²) in [5.74, 6) is 0. The summed E-state index contributed by atoms with van der Waals surface area (Å²) >= 11 is 0. The van der Waals surface area contributed by atoms with Gasteiger partial charge in [0.05, 0.1) is 0 Å². The molecule has 0 saturated heterocycles. The van der Waals surface area contributed by atoms with Crippen LogP contribution in [0.1, 0.15) is 23.6 Å². The molecule has 0 aliphatic rings. The SMILES string of the molecule is CCc1cccc2cc(C)c(C)cc12. The normalized spacial score (nSPS) is 10.8. The van der Waals surface area contributed by atoms with E-state index in [1.54, 1.807) is 0 Å². The van der Waals surface area contributed by atoms with Crippen LogP contribution in [-0.2, 0) is 6.42 Å². The van der Waals surface area contributed by atoms with Gasteiger partial charge in [-0.25, -0.2) is 0 Å². The predicted molar refractivity (Wildman–Crippen MR) is 62.8 cm³/mol. The van der Waals surface area contributed by atoms with Gasteiger partial charge in [-0.2, -0.15) is 0 Å². The minimum atomic E-state index is 1.11. The minimum absolute atomic E-state index is 1.11. The number of hydrogen-bond acceptors (Lipinski definition) is 0. The van der Waals surface area contributed by atoms with E-state index >= 15 is 0 Å². The molecule has 2 aromatic carbocycles. The van der Waals surface area contributed by atoms with Gasteiger partial charge in [0.15, 0.2) is 0 Å². The van der Waals surface area contributed by atoms with E-state index in [1.165, 1.54) is 27.5 Å². The van der Waals surface area contributed by atoms with Crippen LogP contribution < -0.4 is 0 Å². The molecule has 72 valence electrons. The molecule has 0 aliphatic heterocycles. The van der Waals surface area contributed by atoms with Crippen molar-refractivity contribution in [3.63, 3.8) is 0 Å². The van der Waals surface area contributed by atoms with Crippen molar-refractivity contribution in [2.45, 2.75) is 27.2 Å². The molecule has 0 aromatic heterocycles. The van der Waals surface area contributed by atoms with Gasteiger partial charge in [-0.3, -0.25) is 0 Å². The van der Waals surface area contributed by atoms with E-state index in [0.29, 0.717) is 0 Å². The van der Waals surface area contributed by atoms with Crippen LogP contribution in [0.4, 0.5) is 0 Å². The largest absolute Gasteiger partial charge is 0.0614 e. The van der Waals surface area contributed by atoms with Gasteiger partial charge in [-0.15, -0.1) is 0 Å². The molecule has 0 bridgehead atoms. The van der Waals surface area contributed by atoms with Gasteiger partial charge in [0.25, 0.3) is 0 Å². The molecule has 0 spiro atoms. The Hall–Kier alpha value is -1.30. The smallest absolute Gasteiger partial charge is 0.0149 e. The monoisotopic (exact) mass is 184 g/mol. The van der Waals surface area contributed by atoms with Crippen LogP contribution in [0, 0.1) is 13.8 Å². The number of aryl methyl sites for hydroxylation is 3. The molecular weight excluding hydrogens is 168 g/mol. The van der Waals surface area contributed by atoms with Gasteiger partial charge < -0.3 is 0 Å². The fraction of sp³-hybridized carbons (Fsp3) is 0.286. The van der Waals surface area contributed by atoms with Gasteiger partial charge >= 0.3 is 0 Å². The second kappa shape index (κ2) is 3.45. The van der Waals surface area contributed by atoms with Crippen LogP contribution in [-0.4, -0.2) is 0 Å². The highest BCUT2D eigenvalue weighted by atomic mass is 14.1. The highest BCUT2D eigenvalue weighted by Crippen LogP contribution is 2.23. The van der Waals surface area contributed by atoms with Crippen LogP contribution in [0.5, 0.6) is 0 Å². The molecule has 0 heterocycles. The highest BCUT2D eigenvalue weighted by molar-refractivity contribution is 5.87. The first-order valence-electron chi connectivity index (χ1n) is 5.21. The Bertz CT molecular complexity index is 467. The number of rotatable bonds is 1. The summed E-state index contributed by atoms with van der Waals surface area (Å²) in [7, 11) is 0. The van der Waals surface area contributed by atoms with Gasteiger partial charge in [0.1, 0.15) is 0 Å². The van der Waals surface area contributed by atoms with Gasteiger partial charge in [-0.1, -0.05) is 37.3 Å². The molecule has 0 saturated carbocycles. The first-order chi connectivity index (χ1) is 6.72. The maximum absolute atomic E-state index is 2.31. The van der Waals surface area contributed by atoms with E-state index in [0.717, 1.165) is 6.42 Å². The van der Waals surface area contributed by atoms with Crippen molar-refractivity contribution in [3.05, 3.63) is 47.0 Å². The number of hydrogen-bond donors (Lipinski definition) is 0. The molecular formula is C14H16. The van der Waals surface area contributed by atoms with Crippen LogP contribution in [0.15, 0.2) is 30.3 Å². The third-order valence-corrected chi connectivity index (χ3v) is 2.97. The lowest BCUT2D eigenvalue weighted by Gasteiger charge is -2.07. The number of benzene rings is 2. The van der Waals surface area contributed by atoms with Crippen LogP contribution in [0.2, 0.25) is 0 Å². The standard InChI is InChI=1S/C14H16/c1-4-12-6-5-7-13-8-10(2)11(3)9-14(12)13/h5-9H,4H2,1-3H3. The Kier molecular flexibility index (Phi) is 2.28. The molecule has 14 heavy (non-hydrogen) atoms. The fourth-order valence-corrected chi connectivity index (χ4v) is 1.92. The van der Waals surface area contributed by atoms with Crippen molar-refractivity contribution in [3.8, 4) is 0 Å².